The molecule has 0 saturated heterocycles. The standard InChI is InChI=1S/C25H20N8O2/c1-25(16-9-4-2-5-10-16,23(34)28-17-11-6-3-7-12-17)33-22-18(15-27-33)21-29-20(19-13-8-14-35-19)31-32(21)24(26)30-22/h2-15H,1H3,(H2,26,30)(H,28,34). The molecule has 4 heterocycles. The topological polar surface area (TPSA) is 129 Å². The second kappa shape index (κ2) is 7.80. The van der Waals surface area contributed by atoms with Crippen LogP contribution in [0.15, 0.2) is 89.7 Å². The summed E-state index contributed by atoms with van der Waals surface area (Å²) in [5.41, 5.74) is 7.30. The smallest absolute Gasteiger partial charge is 0.256 e. The Labute approximate surface area is 199 Å². The molecule has 172 valence electrons. The van der Waals surface area contributed by atoms with Crippen LogP contribution in [0.1, 0.15) is 12.5 Å². The fraction of sp³-hybridized carbons (Fsp3) is 0.0800. The number of rotatable bonds is 5. The van der Waals surface area contributed by atoms with Crippen molar-refractivity contribution in [3.8, 4) is 11.6 Å². The first-order valence-corrected chi connectivity index (χ1v) is 10.9. The van der Waals surface area contributed by atoms with Crippen LogP contribution < -0.4 is 11.1 Å². The minimum absolute atomic E-state index is 0.110. The average Bonchev–Trinajstić information content (AvgIpc) is 3.64. The number of benzene rings is 2. The first kappa shape index (κ1) is 20.6. The molecule has 0 fully saturated rings. The Bertz CT molecular complexity index is 1660. The first-order chi connectivity index (χ1) is 17.1. The number of carbonyl (C=O) groups excluding carboxylic acids is 1. The maximum absolute atomic E-state index is 13.8. The van der Waals surface area contributed by atoms with Crippen molar-refractivity contribution < 1.29 is 9.21 Å². The van der Waals surface area contributed by atoms with Gasteiger partial charge >= 0.3 is 0 Å². The number of nitrogen functional groups attached to an aromatic ring is 1. The summed E-state index contributed by atoms with van der Waals surface area (Å²) in [6.45, 7) is 1.80. The van der Waals surface area contributed by atoms with Gasteiger partial charge in [0, 0.05) is 5.69 Å². The van der Waals surface area contributed by atoms with Gasteiger partial charge in [0.05, 0.1) is 17.8 Å². The molecule has 0 radical (unpaired) electrons. The highest BCUT2D eigenvalue weighted by Crippen LogP contribution is 2.32. The minimum Gasteiger partial charge on any atom is -0.461 e. The lowest BCUT2D eigenvalue weighted by molar-refractivity contribution is -0.122. The Morgan fingerprint density at radius 1 is 0.971 bits per heavy atom. The lowest BCUT2D eigenvalue weighted by Crippen LogP contribution is -2.44. The number of anilines is 2. The van der Waals surface area contributed by atoms with Crippen LogP contribution >= 0.6 is 0 Å². The van der Waals surface area contributed by atoms with E-state index in [4.69, 9.17) is 10.2 Å². The van der Waals surface area contributed by atoms with Gasteiger partial charge in [-0.1, -0.05) is 48.5 Å². The van der Waals surface area contributed by atoms with E-state index in [0.29, 0.717) is 34.0 Å². The molecule has 0 bridgehead atoms. The van der Waals surface area contributed by atoms with E-state index >= 15 is 0 Å². The summed E-state index contributed by atoms with van der Waals surface area (Å²) >= 11 is 0. The van der Waals surface area contributed by atoms with E-state index in [9.17, 15) is 4.79 Å². The zero-order valence-corrected chi connectivity index (χ0v) is 18.7. The highest BCUT2D eigenvalue weighted by Gasteiger charge is 2.40. The van der Waals surface area contributed by atoms with Crippen LogP contribution in [-0.4, -0.2) is 35.3 Å². The molecule has 3 N–H and O–H groups in total. The monoisotopic (exact) mass is 464 g/mol. The Hall–Kier alpha value is -4.99. The zero-order valence-electron chi connectivity index (χ0n) is 18.7. The predicted molar refractivity (Wildman–Crippen MR) is 130 cm³/mol. The fourth-order valence-corrected chi connectivity index (χ4v) is 4.13. The average molecular weight is 464 g/mol. The molecule has 10 nitrogen and oxygen atoms in total. The number of nitrogens with zero attached hydrogens (tertiary/aromatic N) is 6. The van der Waals surface area contributed by atoms with Crippen molar-refractivity contribution in [3.63, 3.8) is 0 Å². The summed E-state index contributed by atoms with van der Waals surface area (Å²) < 4.78 is 8.45. The molecule has 0 aliphatic rings. The van der Waals surface area contributed by atoms with Crippen molar-refractivity contribution >= 4 is 34.2 Å². The lowest BCUT2D eigenvalue weighted by atomic mass is 9.90. The minimum atomic E-state index is -1.25. The van der Waals surface area contributed by atoms with E-state index in [1.807, 2.05) is 60.7 Å². The second-order valence-corrected chi connectivity index (χ2v) is 8.17. The SMILES string of the molecule is CC(C(=O)Nc1ccccc1)(c1ccccc1)n1ncc2c1nc(N)n1nc(-c3ccco3)nc21. The Balaban J connectivity index is 1.55. The van der Waals surface area contributed by atoms with E-state index in [2.05, 4.69) is 25.5 Å². The number of nitrogens with one attached hydrogen (secondary N) is 1. The van der Waals surface area contributed by atoms with Crippen LogP contribution in [0.25, 0.3) is 28.3 Å². The second-order valence-electron chi connectivity index (χ2n) is 8.17. The van der Waals surface area contributed by atoms with Gasteiger partial charge in [-0.15, -0.1) is 5.10 Å². The van der Waals surface area contributed by atoms with Crippen molar-refractivity contribution in [2.45, 2.75) is 12.5 Å². The highest BCUT2D eigenvalue weighted by atomic mass is 16.3. The lowest BCUT2D eigenvalue weighted by Gasteiger charge is -2.29. The van der Waals surface area contributed by atoms with Gasteiger partial charge in [-0.25, -0.2) is 9.67 Å². The van der Waals surface area contributed by atoms with Crippen molar-refractivity contribution in [2.24, 2.45) is 0 Å². The Morgan fingerprint density at radius 2 is 1.71 bits per heavy atom. The van der Waals surface area contributed by atoms with Gasteiger partial charge < -0.3 is 15.5 Å². The van der Waals surface area contributed by atoms with Gasteiger partial charge in [-0.3, -0.25) is 4.79 Å². The van der Waals surface area contributed by atoms with Gasteiger partial charge in [0.15, 0.2) is 22.6 Å². The van der Waals surface area contributed by atoms with E-state index < -0.39 is 5.54 Å². The highest BCUT2D eigenvalue weighted by molar-refractivity contribution is 6.00. The van der Waals surface area contributed by atoms with E-state index in [1.54, 1.807) is 36.2 Å². The van der Waals surface area contributed by atoms with Gasteiger partial charge in [-0.2, -0.15) is 14.6 Å². The van der Waals surface area contributed by atoms with E-state index in [0.717, 1.165) is 5.56 Å². The number of aromatic nitrogens is 6. The number of fused-ring (bicyclic) bond motifs is 3. The van der Waals surface area contributed by atoms with Crippen LogP contribution in [0.3, 0.4) is 0 Å². The fourth-order valence-electron chi connectivity index (χ4n) is 4.13. The summed E-state index contributed by atoms with van der Waals surface area (Å²) in [5.74, 6) is 0.706. The van der Waals surface area contributed by atoms with Crippen LogP contribution in [0.4, 0.5) is 11.6 Å². The first-order valence-electron chi connectivity index (χ1n) is 10.9. The number of hydrogen-bond donors (Lipinski definition) is 2. The molecular formula is C25H20N8O2. The molecule has 1 amide bonds. The summed E-state index contributed by atoms with van der Waals surface area (Å²) in [6, 6.07) is 22.2. The van der Waals surface area contributed by atoms with Gasteiger partial charge in [-0.05, 0) is 36.8 Å². The summed E-state index contributed by atoms with van der Waals surface area (Å²) in [6.07, 6.45) is 3.17. The molecule has 6 rings (SSSR count). The van der Waals surface area contributed by atoms with Gasteiger partial charge in [0.1, 0.15) is 0 Å². The number of carbonyl (C=O) groups is 1. The third-order valence-electron chi connectivity index (χ3n) is 6.00. The molecule has 10 heteroatoms. The van der Waals surface area contributed by atoms with Gasteiger partial charge in [0.25, 0.3) is 5.91 Å². The van der Waals surface area contributed by atoms with E-state index in [-0.39, 0.29) is 11.9 Å². The van der Waals surface area contributed by atoms with Crippen LogP contribution in [-0.2, 0) is 10.3 Å². The Kier molecular flexibility index (Phi) is 4.59. The summed E-state index contributed by atoms with van der Waals surface area (Å²) in [7, 11) is 0. The Morgan fingerprint density at radius 3 is 2.43 bits per heavy atom. The molecule has 0 aliphatic carbocycles. The van der Waals surface area contributed by atoms with Crippen molar-refractivity contribution in [1.29, 1.82) is 0 Å². The number of hydrogen-bond acceptors (Lipinski definition) is 7. The quantitative estimate of drug-likeness (QED) is 0.398. The van der Waals surface area contributed by atoms with Crippen LogP contribution in [0.2, 0.25) is 0 Å². The largest absolute Gasteiger partial charge is 0.461 e. The maximum atomic E-state index is 13.8. The van der Waals surface area contributed by atoms with Crippen molar-refractivity contribution in [1.82, 2.24) is 29.4 Å². The third-order valence-corrected chi connectivity index (χ3v) is 6.00. The molecule has 6 aromatic rings. The summed E-state index contributed by atoms with van der Waals surface area (Å²) in [4.78, 5) is 23.0. The van der Waals surface area contributed by atoms with Crippen molar-refractivity contribution in [3.05, 3.63) is 90.8 Å². The molecule has 1 atom stereocenters. The molecular weight excluding hydrogens is 444 g/mol. The predicted octanol–water partition coefficient (Wildman–Crippen LogP) is 3.72. The third kappa shape index (κ3) is 3.22. The number of amides is 1. The van der Waals surface area contributed by atoms with E-state index in [1.165, 1.54) is 4.52 Å². The molecule has 0 aliphatic heterocycles. The normalized spacial score (nSPS) is 13.2. The number of furan rings is 1. The zero-order chi connectivity index (χ0) is 24.0. The number of nitrogens with two attached hydrogens (primary N) is 1. The molecule has 1 unspecified atom stereocenters. The number of para-hydroxylation sites is 1. The molecule has 2 aromatic carbocycles. The van der Waals surface area contributed by atoms with Gasteiger partial charge in [0.2, 0.25) is 11.8 Å². The maximum Gasteiger partial charge on any atom is 0.256 e. The molecule has 4 aromatic heterocycles. The van der Waals surface area contributed by atoms with Crippen molar-refractivity contribution in [2.75, 3.05) is 11.1 Å². The van der Waals surface area contributed by atoms with Crippen LogP contribution in [0, 0.1) is 0 Å². The van der Waals surface area contributed by atoms with Crippen LogP contribution in [0.5, 0.6) is 0 Å². The molecule has 0 saturated carbocycles. The summed E-state index contributed by atoms with van der Waals surface area (Å²) in [5, 5.41) is 12.6. The molecule has 35 heavy (non-hydrogen) atoms. The molecule has 0 spiro atoms.